The van der Waals surface area contributed by atoms with E-state index in [0.717, 1.165) is 16.1 Å². The number of hydrogen-bond donors (Lipinski definition) is 2. The molecule has 7 heteroatoms. The van der Waals surface area contributed by atoms with Gasteiger partial charge in [-0.1, -0.05) is 29.8 Å². The molecule has 134 valence electrons. The van der Waals surface area contributed by atoms with Crippen LogP contribution in [0.15, 0.2) is 66.0 Å². The molecule has 3 rings (SSSR count). The molecule has 0 radical (unpaired) electrons. The molecule has 0 amide bonds. The molecule has 0 spiro atoms. The molecule has 0 fully saturated rings. The Morgan fingerprint density at radius 3 is 2.38 bits per heavy atom. The molecule has 0 aliphatic heterocycles. The Balaban J connectivity index is 1.77. The highest BCUT2D eigenvalue weighted by Crippen LogP contribution is 2.32. The number of thiophene rings is 1. The van der Waals surface area contributed by atoms with E-state index in [9.17, 15) is 15.2 Å². The standard InChI is InChI=1S/C19H17ClN2O3S/c20-14-5-3-13(4-6-14)18(23)12-17(19-2-1-11-26-19)21-15-7-9-16(10-8-15)22(24)25/h1-11,17-18,21,23H,12H2/t17-,18+/m1/s1. The first-order valence-electron chi connectivity index (χ1n) is 8.01. The Morgan fingerprint density at radius 2 is 1.81 bits per heavy atom. The van der Waals surface area contributed by atoms with Gasteiger partial charge in [-0.05, 0) is 41.3 Å². The zero-order valence-electron chi connectivity index (χ0n) is 13.7. The maximum atomic E-state index is 10.8. The van der Waals surface area contributed by atoms with Gasteiger partial charge in [0.05, 0.1) is 17.1 Å². The molecule has 2 N–H and O–H groups in total. The van der Waals surface area contributed by atoms with Crippen LogP contribution in [-0.4, -0.2) is 10.0 Å². The van der Waals surface area contributed by atoms with Gasteiger partial charge in [-0.3, -0.25) is 10.1 Å². The summed E-state index contributed by atoms with van der Waals surface area (Å²) in [4.78, 5) is 11.4. The normalized spacial score (nSPS) is 13.2. The van der Waals surface area contributed by atoms with Crippen molar-refractivity contribution in [1.29, 1.82) is 0 Å². The number of nitro benzene ring substituents is 1. The third kappa shape index (κ3) is 4.60. The zero-order chi connectivity index (χ0) is 18.5. The number of aliphatic hydroxyl groups excluding tert-OH is 1. The van der Waals surface area contributed by atoms with Crippen molar-refractivity contribution in [3.8, 4) is 0 Å². The lowest BCUT2D eigenvalue weighted by Gasteiger charge is -2.22. The summed E-state index contributed by atoms with van der Waals surface area (Å²) in [6, 6.07) is 17.2. The van der Waals surface area contributed by atoms with Crippen molar-refractivity contribution in [2.45, 2.75) is 18.6 Å². The molecule has 0 saturated heterocycles. The highest BCUT2D eigenvalue weighted by molar-refractivity contribution is 7.10. The molecule has 5 nitrogen and oxygen atoms in total. The maximum Gasteiger partial charge on any atom is 0.269 e. The van der Waals surface area contributed by atoms with Gasteiger partial charge in [0.1, 0.15) is 0 Å². The summed E-state index contributed by atoms with van der Waals surface area (Å²) in [5, 5.41) is 27.4. The molecule has 0 aliphatic carbocycles. The number of nitrogens with one attached hydrogen (secondary N) is 1. The van der Waals surface area contributed by atoms with E-state index in [0.29, 0.717) is 11.4 Å². The molecular formula is C19H17ClN2O3S. The summed E-state index contributed by atoms with van der Waals surface area (Å²) in [7, 11) is 0. The molecule has 0 saturated carbocycles. The van der Waals surface area contributed by atoms with Crippen LogP contribution in [0.3, 0.4) is 0 Å². The summed E-state index contributed by atoms with van der Waals surface area (Å²) in [6.45, 7) is 0. The summed E-state index contributed by atoms with van der Waals surface area (Å²) < 4.78 is 0. The minimum Gasteiger partial charge on any atom is -0.388 e. The van der Waals surface area contributed by atoms with Gasteiger partial charge >= 0.3 is 0 Å². The molecule has 2 aromatic carbocycles. The summed E-state index contributed by atoms with van der Waals surface area (Å²) in [5.41, 5.74) is 1.60. The number of nitrogens with zero attached hydrogens (tertiary/aromatic N) is 1. The summed E-state index contributed by atoms with van der Waals surface area (Å²) in [6.07, 6.45) is -0.205. The van der Waals surface area contributed by atoms with Gasteiger partial charge in [-0.2, -0.15) is 0 Å². The van der Waals surface area contributed by atoms with Crippen LogP contribution < -0.4 is 5.32 Å². The van der Waals surface area contributed by atoms with E-state index in [1.165, 1.54) is 12.1 Å². The van der Waals surface area contributed by atoms with Crippen LogP contribution in [0.2, 0.25) is 5.02 Å². The number of non-ortho nitro benzene ring substituents is 1. The number of benzene rings is 2. The minimum atomic E-state index is -0.662. The van der Waals surface area contributed by atoms with Crippen LogP contribution in [0.1, 0.15) is 29.0 Å². The second-order valence-electron chi connectivity index (χ2n) is 5.82. The van der Waals surface area contributed by atoms with E-state index in [-0.39, 0.29) is 11.7 Å². The van der Waals surface area contributed by atoms with Crippen LogP contribution >= 0.6 is 22.9 Å². The van der Waals surface area contributed by atoms with E-state index in [1.807, 2.05) is 29.6 Å². The molecule has 1 aromatic heterocycles. The van der Waals surface area contributed by atoms with Crippen molar-refractivity contribution in [2.75, 3.05) is 5.32 Å². The number of rotatable bonds is 7. The predicted molar refractivity (Wildman–Crippen MR) is 105 cm³/mol. The van der Waals surface area contributed by atoms with Crippen molar-refractivity contribution in [3.05, 3.63) is 91.6 Å². The molecule has 0 unspecified atom stereocenters. The van der Waals surface area contributed by atoms with Gasteiger partial charge in [0.2, 0.25) is 0 Å². The fourth-order valence-corrected chi connectivity index (χ4v) is 3.58. The lowest BCUT2D eigenvalue weighted by atomic mass is 10.0. The molecule has 3 aromatic rings. The average molecular weight is 389 g/mol. The van der Waals surface area contributed by atoms with E-state index >= 15 is 0 Å². The third-order valence-corrected chi connectivity index (χ3v) is 5.26. The van der Waals surface area contributed by atoms with Gasteiger partial charge in [0.15, 0.2) is 0 Å². The zero-order valence-corrected chi connectivity index (χ0v) is 15.3. The maximum absolute atomic E-state index is 10.8. The number of nitro groups is 1. The van der Waals surface area contributed by atoms with Crippen LogP contribution in [0, 0.1) is 10.1 Å². The van der Waals surface area contributed by atoms with Gasteiger partial charge < -0.3 is 10.4 Å². The highest BCUT2D eigenvalue weighted by Gasteiger charge is 2.19. The molecule has 1 heterocycles. The molecular weight excluding hydrogens is 372 g/mol. The summed E-state index contributed by atoms with van der Waals surface area (Å²) in [5.74, 6) is 0. The monoisotopic (exact) mass is 388 g/mol. The smallest absolute Gasteiger partial charge is 0.269 e. The van der Waals surface area contributed by atoms with E-state index < -0.39 is 11.0 Å². The number of hydrogen-bond acceptors (Lipinski definition) is 5. The van der Waals surface area contributed by atoms with Crippen LogP contribution in [0.25, 0.3) is 0 Å². The topological polar surface area (TPSA) is 75.4 Å². The number of halogens is 1. The van der Waals surface area contributed by atoms with E-state index in [2.05, 4.69) is 5.32 Å². The second-order valence-corrected chi connectivity index (χ2v) is 7.24. The Bertz CT molecular complexity index is 852. The predicted octanol–water partition coefficient (Wildman–Crippen LogP) is 5.59. The molecule has 0 bridgehead atoms. The fourth-order valence-electron chi connectivity index (χ4n) is 2.66. The average Bonchev–Trinajstić information content (AvgIpc) is 3.16. The first-order valence-corrected chi connectivity index (χ1v) is 9.26. The largest absolute Gasteiger partial charge is 0.388 e. The first-order chi connectivity index (χ1) is 12.5. The Morgan fingerprint density at radius 1 is 1.12 bits per heavy atom. The summed E-state index contributed by atoms with van der Waals surface area (Å²) >= 11 is 7.50. The Kier molecular flexibility index (Phi) is 5.88. The molecule has 2 atom stereocenters. The molecule has 26 heavy (non-hydrogen) atoms. The lowest BCUT2D eigenvalue weighted by molar-refractivity contribution is -0.384. The number of anilines is 1. The van der Waals surface area contributed by atoms with Gasteiger partial charge in [0.25, 0.3) is 5.69 Å². The van der Waals surface area contributed by atoms with Crippen molar-refractivity contribution < 1.29 is 10.0 Å². The molecule has 0 aliphatic rings. The SMILES string of the molecule is O=[N+]([O-])c1ccc(N[C@H](C[C@H](O)c2ccc(Cl)cc2)c2cccs2)cc1. The van der Waals surface area contributed by atoms with Crippen molar-refractivity contribution >= 4 is 34.3 Å². The number of aliphatic hydroxyl groups is 1. The van der Waals surface area contributed by atoms with Crippen molar-refractivity contribution in [3.63, 3.8) is 0 Å². The van der Waals surface area contributed by atoms with Crippen LogP contribution in [-0.2, 0) is 0 Å². The quantitative estimate of drug-likeness (QED) is 0.408. The van der Waals surface area contributed by atoms with E-state index in [4.69, 9.17) is 11.6 Å². The fraction of sp³-hybridized carbons (Fsp3) is 0.158. The van der Waals surface area contributed by atoms with Crippen molar-refractivity contribution in [2.24, 2.45) is 0 Å². The van der Waals surface area contributed by atoms with Gasteiger partial charge in [-0.25, -0.2) is 0 Å². The van der Waals surface area contributed by atoms with E-state index in [1.54, 1.807) is 35.6 Å². The Hall–Kier alpha value is -2.41. The highest BCUT2D eigenvalue weighted by atomic mass is 35.5. The second kappa shape index (κ2) is 8.31. The van der Waals surface area contributed by atoms with Crippen LogP contribution in [0.4, 0.5) is 11.4 Å². The van der Waals surface area contributed by atoms with Crippen molar-refractivity contribution in [1.82, 2.24) is 0 Å². The first kappa shape index (κ1) is 18.4. The minimum absolute atomic E-state index is 0.0458. The van der Waals surface area contributed by atoms with Crippen LogP contribution in [0.5, 0.6) is 0 Å². The third-order valence-electron chi connectivity index (χ3n) is 4.02. The van der Waals surface area contributed by atoms with Gasteiger partial charge in [-0.15, -0.1) is 11.3 Å². The Labute approximate surface area is 160 Å². The lowest BCUT2D eigenvalue weighted by Crippen LogP contribution is -2.13. The van der Waals surface area contributed by atoms with Gasteiger partial charge in [0, 0.05) is 34.1 Å².